The van der Waals surface area contributed by atoms with Gasteiger partial charge in [-0.3, -0.25) is 0 Å². The molecule has 9 heterocycles. The molecule has 0 saturated carbocycles. The van der Waals surface area contributed by atoms with Gasteiger partial charge in [0.2, 0.25) is 0 Å². The van der Waals surface area contributed by atoms with E-state index in [1.165, 1.54) is 166 Å². The van der Waals surface area contributed by atoms with Crippen LogP contribution in [0.3, 0.4) is 0 Å². The average Bonchev–Trinajstić information content (AvgIpc) is 1.56. The van der Waals surface area contributed by atoms with Crippen LogP contribution < -0.4 is 0 Å². The lowest BCUT2D eigenvalue weighted by Crippen LogP contribution is -1.93. The molecule has 0 radical (unpaired) electrons. The number of rotatable bonds is 9. The fraction of sp³-hybridized carbons (Fsp3) is 0. The molecule has 0 aliphatic rings. The molecule has 27 aromatic rings. The first-order valence-corrected chi connectivity index (χ1v) is 44.0. The number of hydrogen-bond donors (Lipinski definition) is 0. The van der Waals surface area contributed by atoms with E-state index in [1.807, 2.05) is 64.3 Å². The fourth-order valence-corrected chi connectivity index (χ4v) is 23.3. The minimum atomic E-state index is 0.918. The van der Waals surface area contributed by atoms with Gasteiger partial charge < -0.3 is 27.0 Å². The van der Waals surface area contributed by atoms with Crippen LogP contribution in [0.2, 0.25) is 0 Å². The lowest BCUT2D eigenvalue weighted by atomic mass is 9.93. The molecular weight excluding hydrogens is 1560 g/mol. The number of fused-ring (bicyclic) bond motifs is 24. The molecule has 0 aliphatic heterocycles. The smallest absolute Gasteiger partial charge is 0.143 e. The van der Waals surface area contributed by atoms with Gasteiger partial charge in [0.05, 0.1) is 47.2 Å². The Hall–Kier alpha value is -15.4. The molecule has 18 aromatic carbocycles. The number of para-hydroxylation sites is 10. The van der Waals surface area contributed by atoms with Crippen LogP contribution in [-0.4, -0.2) is 13.7 Å². The van der Waals surface area contributed by atoms with E-state index in [4.69, 9.17) is 13.3 Å². The van der Waals surface area contributed by atoms with Crippen molar-refractivity contribution in [3.63, 3.8) is 0 Å². The first-order valence-electron chi connectivity index (χ1n) is 41.6. The number of benzene rings is 18. The van der Waals surface area contributed by atoms with Gasteiger partial charge in [-0.15, -0.1) is 34.0 Å². The van der Waals surface area contributed by atoms with Crippen LogP contribution in [0.5, 0.6) is 0 Å². The van der Waals surface area contributed by atoms with Crippen molar-refractivity contribution in [3.8, 4) is 83.8 Å². The molecule has 123 heavy (non-hydrogen) atoms. The predicted octanol–water partition coefficient (Wildman–Crippen LogP) is 33.7. The zero-order chi connectivity index (χ0) is 80.7. The van der Waals surface area contributed by atoms with Gasteiger partial charge in [-0.1, -0.05) is 322 Å². The Morgan fingerprint density at radius 1 is 0.163 bits per heavy atom. The Morgan fingerprint density at radius 2 is 0.447 bits per heavy atom. The van der Waals surface area contributed by atoms with E-state index in [9.17, 15) is 0 Å². The summed E-state index contributed by atoms with van der Waals surface area (Å²) < 4.78 is 34.0. The molecule has 0 N–H and O–H groups in total. The first kappa shape index (κ1) is 70.6. The van der Waals surface area contributed by atoms with Crippen molar-refractivity contribution >= 4 is 193 Å². The third kappa shape index (κ3) is 11.3. The second-order valence-corrected chi connectivity index (χ2v) is 34.5. The van der Waals surface area contributed by atoms with Crippen molar-refractivity contribution in [2.75, 3.05) is 0 Å². The van der Waals surface area contributed by atoms with E-state index in [0.29, 0.717) is 0 Å². The number of furan rings is 3. The summed E-state index contributed by atoms with van der Waals surface area (Å²) in [4.78, 5) is 0. The molecule has 0 fully saturated rings. The lowest BCUT2D eigenvalue weighted by Gasteiger charge is -2.12. The maximum atomic E-state index is 6.46. The predicted molar refractivity (Wildman–Crippen MR) is 523 cm³/mol. The summed E-state index contributed by atoms with van der Waals surface area (Å²) in [5.41, 5.74) is 31.2. The van der Waals surface area contributed by atoms with Crippen molar-refractivity contribution in [2.45, 2.75) is 0 Å². The normalized spacial score (nSPS) is 11.9. The zero-order valence-corrected chi connectivity index (χ0v) is 68.6. The van der Waals surface area contributed by atoms with Crippen molar-refractivity contribution in [1.29, 1.82) is 0 Å². The molecule has 0 bridgehead atoms. The van der Waals surface area contributed by atoms with Crippen molar-refractivity contribution in [1.82, 2.24) is 13.7 Å². The van der Waals surface area contributed by atoms with Crippen LogP contribution in [-0.2, 0) is 0 Å². The highest BCUT2D eigenvalue weighted by Gasteiger charge is 2.27. The van der Waals surface area contributed by atoms with Crippen molar-refractivity contribution in [3.05, 3.63) is 419 Å². The minimum absolute atomic E-state index is 0.918. The van der Waals surface area contributed by atoms with E-state index >= 15 is 0 Å². The van der Waals surface area contributed by atoms with E-state index in [0.717, 1.165) is 76.9 Å². The molecule has 27 rings (SSSR count). The molecule has 576 valence electrons. The summed E-state index contributed by atoms with van der Waals surface area (Å²) in [6.45, 7) is 0. The topological polar surface area (TPSA) is 54.2 Å². The molecule has 0 saturated heterocycles. The van der Waals surface area contributed by atoms with Gasteiger partial charge in [-0.25, -0.2) is 0 Å². The van der Waals surface area contributed by atoms with E-state index in [1.54, 1.807) is 0 Å². The maximum Gasteiger partial charge on any atom is 0.143 e. The summed E-state index contributed by atoms with van der Waals surface area (Å²) >= 11 is 5.70. The van der Waals surface area contributed by atoms with Crippen molar-refractivity contribution in [2.24, 2.45) is 0 Å². The third-order valence-corrected chi connectivity index (χ3v) is 28.5. The number of aromatic nitrogens is 3. The third-order valence-electron chi connectivity index (χ3n) is 24.7. The highest BCUT2D eigenvalue weighted by atomic mass is 32.1. The largest absolute Gasteiger partial charge is 0.456 e. The van der Waals surface area contributed by atoms with Gasteiger partial charge >= 0.3 is 0 Å². The minimum Gasteiger partial charge on any atom is -0.456 e. The fourth-order valence-electron chi connectivity index (χ4n) is 19.3. The molecule has 0 spiro atoms. The molecule has 6 nitrogen and oxygen atoms in total. The van der Waals surface area contributed by atoms with Crippen LogP contribution in [0.4, 0.5) is 0 Å². The monoisotopic (exact) mass is 1620 g/mol. The average molecular weight is 1630 g/mol. The summed E-state index contributed by atoms with van der Waals surface area (Å²) in [6, 6.07) is 149. The lowest BCUT2D eigenvalue weighted by molar-refractivity contribution is 0.668. The Balaban J connectivity index is 0.000000101. The van der Waals surface area contributed by atoms with Gasteiger partial charge in [-0.05, 0) is 142 Å². The van der Waals surface area contributed by atoms with E-state index in [-0.39, 0.29) is 0 Å². The van der Waals surface area contributed by atoms with Crippen LogP contribution in [0, 0.1) is 0 Å². The second-order valence-electron chi connectivity index (χ2n) is 31.5. The van der Waals surface area contributed by atoms with Gasteiger partial charge in [-0.2, -0.15) is 0 Å². The van der Waals surface area contributed by atoms with Gasteiger partial charge in [0.25, 0.3) is 0 Å². The summed E-state index contributed by atoms with van der Waals surface area (Å²) in [6.07, 6.45) is 0. The Labute approximate surface area is 717 Å². The van der Waals surface area contributed by atoms with Crippen LogP contribution in [0.1, 0.15) is 0 Å². The molecule has 9 aromatic heterocycles. The van der Waals surface area contributed by atoms with Crippen molar-refractivity contribution < 1.29 is 13.3 Å². The summed E-state index contributed by atoms with van der Waals surface area (Å²) in [5, 5.41) is 14.6. The van der Waals surface area contributed by atoms with Gasteiger partial charge in [0, 0.05) is 118 Å². The quantitative estimate of drug-likeness (QED) is 0.145. The zero-order valence-electron chi connectivity index (χ0n) is 66.1. The molecule has 0 aliphatic carbocycles. The van der Waals surface area contributed by atoms with Gasteiger partial charge in [0.1, 0.15) is 33.5 Å². The van der Waals surface area contributed by atoms with Crippen LogP contribution in [0.25, 0.3) is 243 Å². The summed E-state index contributed by atoms with van der Waals surface area (Å²) in [5.74, 6) is 0. The molecule has 0 atom stereocenters. The van der Waals surface area contributed by atoms with E-state index in [2.05, 4.69) is 402 Å². The Bertz CT molecular complexity index is 8890. The SMILES string of the molecule is c1ccc(-n2c3ccccc3c3sc4c(-c5ccccc5-c5ccc6c(c5)oc5ccccc56)cccc4c32)cc1.c1ccc(-n2c3ccccc3c3sc4c(-c5ccccc5-c5ccc6oc7ccccc7c6c5)cccc4c32)cc1.c1ccc(-n2c3ccccc3c3sc4c(-c5ccccc5-c5cccc6c5oc5ccccc56)cccc4c32)cc1. The van der Waals surface area contributed by atoms with E-state index < -0.39 is 0 Å². The van der Waals surface area contributed by atoms with Crippen LogP contribution in [0.15, 0.2) is 432 Å². The van der Waals surface area contributed by atoms with Crippen LogP contribution >= 0.6 is 34.0 Å². The second kappa shape index (κ2) is 28.7. The Morgan fingerprint density at radius 3 is 0.894 bits per heavy atom. The number of nitrogens with zero attached hydrogens (tertiary/aromatic N) is 3. The molecule has 0 unspecified atom stereocenters. The summed E-state index contributed by atoms with van der Waals surface area (Å²) in [7, 11) is 0. The molecular formula is C114H69N3O3S3. The first-order chi connectivity index (χ1) is 61.1. The highest BCUT2D eigenvalue weighted by Crippen LogP contribution is 2.53. The Kier molecular flexibility index (Phi) is 16.5. The highest BCUT2D eigenvalue weighted by molar-refractivity contribution is 7.28. The van der Waals surface area contributed by atoms with Gasteiger partial charge in [0.15, 0.2) is 0 Å². The standard InChI is InChI=1S/3C38H23NOS/c1-2-12-24(13-3-1)39-33-22-8-6-17-31(33)38-35(39)32-21-11-20-30(37(32)41-38)26-15-5-4-14-25(26)28-18-10-19-29-27-16-7-9-23-34(27)40-36(28)29;1-2-11-25(12-3-1)39-33-19-8-6-16-31(33)38-36(39)32-18-10-17-30(37(32)41-38)27-14-5-4-13-26(27)24-21-22-29-28-15-7-9-20-34(28)40-35(29)23-24;1-2-11-25(12-3-1)39-33-19-8-6-16-30(33)38-36(39)31-18-10-17-29(37(31)41-38)27-14-5-4-13-26(27)24-21-22-35-32(23-24)28-15-7-9-20-34(28)40-35/h3*1-23H. The number of thiophene rings is 3. The molecule has 9 heteroatoms. The molecule has 0 amide bonds. The number of hydrogen-bond acceptors (Lipinski definition) is 6. The maximum absolute atomic E-state index is 6.46.